The first-order valence-electron chi connectivity index (χ1n) is 24.7. The van der Waals surface area contributed by atoms with Gasteiger partial charge in [-0.25, -0.2) is 4.98 Å². The molecular weight excluding hydrogens is 1020 g/mol. The zero-order chi connectivity index (χ0) is 49.1. The number of phenolic OH excluding ortho intramolecular Hbond substituents is 1. The Hall–Kier alpha value is -5.57. The number of hydrogen-bond donors (Lipinski definition) is 1. The maximum absolute atomic E-state index is 12.6. The minimum absolute atomic E-state index is 0. The van der Waals surface area contributed by atoms with Gasteiger partial charge in [-0.15, -0.1) is 29.3 Å². The number of hydrogen-bond acceptors (Lipinski definition) is 3. The number of fused-ring (bicyclic) bond motifs is 1. The summed E-state index contributed by atoms with van der Waals surface area (Å²) < 4.78 is 2.29. The van der Waals surface area contributed by atoms with Crippen LogP contribution in [0.3, 0.4) is 0 Å². The van der Waals surface area contributed by atoms with E-state index in [1.54, 1.807) is 0 Å². The Morgan fingerprint density at radius 3 is 1.71 bits per heavy atom. The van der Waals surface area contributed by atoms with Crippen LogP contribution in [0.1, 0.15) is 145 Å². The maximum Gasteiger partial charge on any atom is 0.148 e. The number of imidazole rings is 1. The van der Waals surface area contributed by atoms with E-state index in [1.807, 2.05) is 6.20 Å². The SMILES string of the molecule is CCC(C)(CC)c1ccc(-c2ccnc(-c3[c-]c(-c4cccc5c4nc(-c4cc(C(C)(C)C)cc(C(C)(C)C)c4O)n5-c4ccc(C(C)(C)C)cc4-c4ccccc4)cc(C(C)(C)C)c3)c2)cc1.[Pt]. The average Bonchev–Trinajstić information content (AvgIpc) is 3.69. The van der Waals surface area contributed by atoms with E-state index in [-0.39, 0.29) is 53.9 Å². The van der Waals surface area contributed by atoms with Crippen molar-refractivity contribution in [1.29, 1.82) is 0 Å². The predicted octanol–water partition coefficient (Wildman–Crippen LogP) is 17.5. The van der Waals surface area contributed by atoms with Crippen LogP contribution in [-0.2, 0) is 48.1 Å². The summed E-state index contributed by atoms with van der Waals surface area (Å²) in [6, 6.07) is 50.2. The summed E-state index contributed by atoms with van der Waals surface area (Å²) in [6.45, 7) is 33.7. The molecule has 0 atom stereocenters. The molecule has 2 aromatic heterocycles. The van der Waals surface area contributed by atoms with Crippen molar-refractivity contribution < 1.29 is 26.2 Å². The quantitative estimate of drug-likeness (QED) is 0.147. The number of para-hydroxylation sites is 1. The molecule has 0 fully saturated rings. The molecule has 1 N–H and O–H groups in total. The summed E-state index contributed by atoms with van der Waals surface area (Å²) in [5.74, 6) is 0.943. The van der Waals surface area contributed by atoms with E-state index >= 15 is 0 Å². The van der Waals surface area contributed by atoms with Crippen molar-refractivity contribution in [2.45, 2.75) is 144 Å². The van der Waals surface area contributed by atoms with Crippen molar-refractivity contribution in [2.75, 3.05) is 0 Å². The van der Waals surface area contributed by atoms with Crippen LogP contribution in [0.5, 0.6) is 5.75 Å². The van der Waals surface area contributed by atoms with E-state index in [1.165, 1.54) is 22.3 Å². The average molecular weight is 1090 g/mol. The molecule has 0 aliphatic heterocycles. The molecule has 5 heteroatoms. The second-order valence-electron chi connectivity index (χ2n) is 23.4. The largest absolute Gasteiger partial charge is 0.507 e. The van der Waals surface area contributed by atoms with Crippen LogP contribution in [0.25, 0.3) is 72.7 Å². The zero-order valence-electron chi connectivity index (χ0n) is 43.7. The first kappa shape index (κ1) is 51.3. The monoisotopic (exact) mass is 1090 g/mol. The van der Waals surface area contributed by atoms with Crippen LogP contribution in [-0.4, -0.2) is 19.6 Å². The first-order valence-corrected chi connectivity index (χ1v) is 24.7. The molecule has 0 saturated carbocycles. The molecule has 8 aromatic rings. The van der Waals surface area contributed by atoms with Gasteiger partial charge in [0.05, 0.1) is 22.3 Å². The number of nitrogens with zero attached hydrogens (tertiary/aromatic N) is 3. The Labute approximate surface area is 428 Å². The van der Waals surface area contributed by atoms with Crippen molar-refractivity contribution in [3.63, 3.8) is 0 Å². The third-order valence-electron chi connectivity index (χ3n) is 14.4. The Morgan fingerprint density at radius 2 is 1.10 bits per heavy atom. The summed E-state index contributed by atoms with van der Waals surface area (Å²) >= 11 is 0. The van der Waals surface area contributed by atoms with Crippen LogP contribution in [0, 0.1) is 6.07 Å². The zero-order valence-corrected chi connectivity index (χ0v) is 46.0. The minimum atomic E-state index is -0.329. The van der Waals surface area contributed by atoms with E-state index in [9.17, 15) is 5.11 Å². The standard InChI is InChI=1S/C64H72N3O.Pt/c1-16-64(15,17-2)46-28-26-41(27-29-46)43-32-33-65-54(37-43)45-34-44(35-48(36-45)61(6,7)8)50-24-21-25-56-57(50)66-59(52-39-49(62(9,10)11)40-53(58(52)68)63(12,13)14)67(56)55-31-30-47(60(3,4)5)38-51(55)42-22-19-18-20-23-42;/h18-33,35-40,68H,16-17H2,1-15H3;/q-1;. The molecule has 0 bridgehead atoms. The normalized spacial score (nSPS) is 12.6. The van der Waals surface area contributed by atoms with Crippen molar-refractivity contribution >= 4 is 11.0 Å². The fourth-order valence-corrected chi connectivity index (χ4v) is 9.36. The van der Waals surface area contributed by atoms with Gasteiger partial charge in [-0.3, -0.25) is 9.55 Å². The number of pyridine rings is 1. The fourth-order valence-electron chi connectivity index (χ4n) is 9.36. The molecule has 0 radical (unpaired) electrons. The Morgan fingerprint density at radius 1 is 0.507 bits per heavy atom. The minimum Gasteiger partial charge on any atom is -0.507 e. The molecule has 0 aliphatic rings. The van der Waals surface area contributed by atoms with E-state index in [0.717, 1.165) is 79.8 Å². The van der Waals surface area contributed by atoms with Crippen LogP contribution in [0.2, 0.25) is 0 Å². The summed E-state index contributed by atoms with van der Waals surface area (Å²) in [5.41, 5.74) is 16.9. The van der Waals surface area contributed by atoms with Crippen molar-refractivity contribution in [2.24, 2.45) is 0 Å². The van der Waals surface area contributed by atoms with Crippen LogP contribution in [0.15, 0.2) is 134 Å². The van der Waals surface area contributed by atoms with Crippen LogP contribution in [0.4, 0.5) is 0 Å². The Balaban J connectivity index is 0.00000703. The molecule has 360 valence electrons. The Bertz CT molecular complexity index is 3130. The van der Waals surface area contributed by atoms with Crippen LogP contribution < -0.4 is 0 Å². The number of aromatic nitrogens is 3. The molecule has 2 heterocycles. The van der Waals surface area contributed by atoms with Gasteiger partial charge >= 0.3 is 0 Å². The molecule has 0 amide bonds. The molecule has 0 spiro atoms. The van der Waals surface area contributed by atoms with Gasteiger partial charge in [0.1, 0.15) is 11.6 Å². The molecule has 6 aromatic carbocycles. The van der Waals surface area contributed by atoms with E-state index in [2.05, 4.69) is 242 Å². The van der Waals surface area contributed by atoms with E-state index in [0.29, 0.717) is 11.4 Å². The number of rotatable bonds is 9. The molecule has 0 saturated heterocycles. The third kappa shape index (κ3) is 10.2. The number of phenols is 1. The van der Waals surface area contributed by atoms with Gasteiger partial charge in [0.15, 0.2) is 0 Å². The summed E-state index contributed by atoms with van der Waals surface area (Å²) in [6.07, 6.45) is 4.13. The first-order chi connectivity index (χ1) is 31.9. The molecule has 69 heavy (non-hydrogen) atoms. The van der Waals surface area contributed by atoms with Gasteiger partial charge in [-0.2, -0.15) is 0 Å². The van der Waals surface area contributed by atoms with Gasteiger partial charge in [0, 0.05) is 44.1 Å². The number of benzene rings is 6. The second kappa shape index (κ2) is 19.0. The maximum atomic E-state index is 12.6. The van der Waals surface area contributed by atoms with Crippen molar-refractivity contribution in [3.8, 4) is 67.5 Å². The van der Waals surface area contributed by atoms with Gasteiger partial charge < -0.3 is 5.11 Å². The van der Waals surface area contributed by atoms with Gasteiger partial charge in [-0.1, -0.05) is 200 Å². The van der Waals surface area contributed by atoms with Gasteiger partial charge in [0.2, 0.25) is 0 Å². The Kier molecular flexibility index (Phi) is 14.1. The molecule has 4 nitrogen and oxygen atoms in total. The summed E-state index contributed by atoms with van der Waals surface area (Å²) in [5, 5.41) is 12.6. The molecule has 0 aliphatic carbocycles. The summed E-state index contributed by atoms with van der Waals surface area (Å²) in [7, 11) is 0. The molecule has 8 rings (SSSR count). The van der Waals surface area contributed by atoms with E-state index in [4.69, 9.17) is 9.97 Å². The van der Waals surface area contributed by atoms with Crippen molar-refractivity contribution in [1.82, 2.24) is 14.5 Å². The smallest absolute Gasteiger partial charge is 0.148 e. The topological polar surface area (TPSA) is 50.9 Å². The predicted molar refractivity (Wildman–Crippen MR) is 289 cm³/mol. The third-order valence-corrected chi connectivity index (χ3v) is 14.4. The van der Waals surface area contributed by atoms with Crippen LogP contribution >= 0.6 is 0 Å². The fraction of sp³-hybridized carbons (Fsp3) is 0.344. The molecule has 0 unspecified atom stereocenters. The number of aromatic hydroxyl groups is 1. The summed E-state index contributed by atoms with van der Waals surface area (Å²) in [4.78, 5) is 10.7. The van der Waals surface area contributed by atoms with Gasteiger partial charge in [0.25, 0.3) is 0 Å². The van der Waals surface area contributed by atoms with Crippen molar-refractivity contribution in [3.05, 3.63) is 167 Å². The molecular formula is C64H72N3OPt-. The second-order valence-corrected chi connectivity index (χ2v) is 23.4. The van der Waals surface area contributed by atoms with Gasteiger partial charge in [-0.05, 0) is 104 Å². The van der Waals surface area contributed by atoms with E-state index < -0.39 is 0 Å².